The zero-order valence-corrected chi connectivity index (χ0v) is 5.66. The molecule has 1 rings (SSSR count). The van der Waals surface area contributed by atoms with Crippen LogP contribution in [-0.4, -0.2) is 17.6 Å². The molecule has 0 saturated heterocycles. The van der Waals surface area contributed by atoms with Crippen LogP contribution in [0.5, 0.6) is 0 Å². The summed E-state index contributed by atoms with van der Waals surface area (Å²) in [7, 11) is 0. The Morgan fingerprint density at radius 3 is 2.90 bits per heavy atom. The number of rotatable bonds is 3. The summed E-state index contributed by atoms with van der Waals surface area (Å²) in [5.41, 5.74) is 5.19. The first-order valence-corrected chi connectivity index (χ1v) is 3.35. The Morgan fingerprint density at radius 1 is 1.80 bits per heavy atom. The first-order valence-electron chi connectivity index (χ1n) is 3.35. The normalized spacial score (nSPS) is 30.9. The minimum atomic E-state index is -0.688. The predicted molar refractivity (Wildman–Crippen MR) is 37.4 cm³/mol. The predicted octanol–water partition coefficient (Wildman–Crippen LogP) is 0.222. The van der Waals surface area contributed by atoms with Crippen LogP contribution in [0, 0.1) is 11.8 Å². The maximum Gasteiger partial charge on any atom is 0.307 e. The van der Waals surface area contributed by atoms with Crippen molar-refractivity contribution in [1.29, 1.82) is 0 Å². The van der Waals surface area contributed by atoms with E-state index in [2.05, 4.69) is 0 Å². The van der Waals surface area contributed by atoms with Gasteiger partial charge >= 0.3 is 5.97 Å². The molecule has 0 amide bonds. The van der Waals surface area contributed by atoms with Crippen molar-refractivity contribution in [2.45, 2.75) is 6.42 Å². The second-order valence-corrected chi connectivity index (χ2v) is 2.51. The maximum absolute atomic E-state index is 10.3. The average molecular weight is 141 g/mol. The van der Waals surface area contributed by atoms with Gasteiger partial charge in [0.25, 0.3) is 0 Å². The molecule has 2 atom stereocenters. The molecule has 0 aromatic heterocycles. The molecule has 1 aliphatic rings. The zero-order valence-electron chi connectivity index (χ0n) is 5.66. The van der Waals surface area contributed by atoms with Gasteiger partial charge in [-0.2, -0.15) is 0 Å². The van der Waals surface area contributed by atoms with Gasteiger partial charge < -0.3 is 10.8 Å². The summed E-state index contributed by atoms with van der Waals surface area (Å²) >= 11 is 0. The van der Waals surface area contributed by atoms with Crippen molar-refractivity contribution in [1.82, 2.24) is 0 Å². The van der Waals surface area contributed by atoms with Crippen LogP contribution in [0.2, 0.25) is 0 Å². The van der Waals surface area contributed by atoms with Gasteiger partial charge in [0.1, 0.15) is 0 Å². The van der Waals surface area contributed by atoms with E-state index in [1.807, 2.05) is 12.2 Å². The standard InChI is InChI=1S/C7H11NO2/c8-3-1-2-5-4-6(5)7(9)10/h1-2,5-6H,3-4,8H2,(H,9,10)/b2-1+/t5-,6-/m1/s1. The van der Waals surface area contributed by atoms with E-state index in [0.717, 1.165) is 6.42 Å². The van der Waals surface area contributed by atoms with Gasteiger partial charge in [0.15, 0.2) is 0 Å². The third-order valence-electron chi connectivity index (χ3n) is 1.68. The van der Waals surface area contributed by atoms with E-state index in [9.17, 15) is 4.79 Å². The Hall–Kier alpha value is -0.830. The Balaban J connectivity index is 2.25. The van der Waals surface area contributed by atoms with Gasteiger partial charge in [-0.05, 0) is 12.3 Å². The summed E-state index contributed by atoms with van der Waals surface area (Å²) in [6.07, 6.45) is 4.48. The highest BCUT2D eigenvalue weighted by molar-refractivity contribution is 5.73. The molecule has 0 spiro atoms. The Bertz CT molecular complexity index is 165. The lowest BCUT2D eigenvalue weighted by molar-refractivity contribution is -0.138. The monoisotopic (exact) mass is 141 g/mol. The smallest absolute Gasteiger partial charge is 0.307 e. The molecule has 3 N–H and O–H groups in total. The van der Waals surface area contributed by atoms with Gasteiger partial charge in [-0.25, -0.2) is 0 Å². The number of hydrogen-bond acceptors (Lipinski definition) is 2. The lowest BCUT2D eigenvalue weighted by atomic mass is 10.3. The van der Waals surface area contributed by atoms with E-state index in [0.29, 0.717) is 6.54 Å². The Labute approximate surface area is 59.5 Å². The first-order chi connectivity index (χ1) is 4.75. The quantitative estimate of drug-likeness (QED) is 0.553. The number of carboxylic acid groups (broad SMARTS) is 1. The van der Waals surface area contributed by atoms with Gasteiger partial charge in [0.05, 0.1) is 5.92 Å². The summed E-state index contributed by atoms with van der Waals surface area (Å²) in [4.78, 5) is 10.3. The van der Waals surface area contributed by atoms with E-state index >= 15 is 0 Å². The van der Waals surface area contributed by atoms with Crippen LogP contribution in [0.4, 0.5) is 0 Å². The molecule has 3 nitrogen and oxygen atoms in total. The Kier molecular flexibility index (Phi) is 2.06. The van der Waals surface area contributed by atoms with E-state index in [-0.39, 0.29) is 11.8 Å². The third-order valence-corrected chi connectivity index (χ3v) is 1.68. The van der Waals surface area contributed by atoms with Gasteiger partial charge in [-0.15, -0.1) is 0 Å². The summed E-state index contributed by atoms with van der Waals surface area (Å²) < 4.78 is 0. The second kappa shape index (κ2) is 2.84. The van der Waals surface area contributed by atoms with Crippen LogP contribution in [0.3, 0.4) is 0 Å². The summed E-state index contributed by atoms with van der Waals surface area (Å²) in [6.45, 7) is 0.503. The minimum absolute atomic E-state index is 0.136. The number of carboxylic acids is 1. The average Bonchev–Trinajstić information content (AvgIpc) is 2.62. The van der Waals surface area contributed by atoms with Gasteiger partial charge in [-0.1, -0.05) is 12.2 Å². The van der Waals surface area contributed by atoms with Crippen LogP contribution in [-0.2, 0) is 4.79 Å². The van der Waals surface area contributed by atoms with Crippen LogP contribution in [0.15, 0.2) is 12.2 Å². The third kappa shape index (κ3) is 1.57. The van der Waals surface area contributed by atoms with Crippen molar-refractivity contribution in [3.63, 3.8) is 0 Å². The summed E-state index contributed by atoms with van der Waals surface area (Å²) in [6, 6.07) is 0. The molecule has 1 saturated carbocycles. The molecular weight excluding hydrogens is 130 g/mol. The van der Waals surface area contributed by atoms with Gasteiger partial charge in [-0.3, -0.25) is 4.79 Å². The molecule has 0 heterocycles. The van der Waals surface area contributed by atoms with Gasteiger partial charge in [0.2, 0.25) is 0 Å². The van der Waals surface area contributed by atoms with Gasteiger partial charge in [0, 0.05) is 6.54 Å². The molecule has 0 bridgehead atoms. The number of aliphatic carboxylic acids is 1. The molecule has 10 heavy (non-hydrogen) atoms. The molecule has 1 aliphatic carbocycles. The van der Waals surface area contributed by atoms with E-state index in [4.69, 9.17) is 10.8 Å². The van der Waals surface area contributed by atoms with Crippen molar-refractivity contribution < 1.29 is 9.90 Å². The van der Waals surface area contributed by atoms with E-state index < -0.39 is 5.97 Å². The van der Waals surface area contributed by atoms with Crippen LogP contribution < -0.4 is 5.73 Å². The molecule has 0 unspecified atom stereocenters. The second-order valence-electron chi connectivity index (χ2n) is 2.51. The topological polar surface area (TPSA) is 63.3 Å². The SMILES string of the molecule is NC/C=C/[C@@H]1C[C@H]1C(=O)O. The van der Waals surface area contributed by atoms with E-state index in [1.165, 1.54) is 0 Å². The largest absolute Gasteiger partial charge is 0.481 e. The van der Waals surface area contributed by atoms with Crippen molar-refractivity contribution in [3.05, 3.63) is 12.2 Å². The van der Waals surface area contributed by atoms with Crippen molar-refractivity contribution in [2.24, 2.45) is 17.6 Å². The van der Waals surface area contributed by atoms with E-state index in [1.54, 1.807) is 0 Å². The fraction of sp³-hybridized carbons (Fsp3) is 0.571. The number of allylic oxidation sites excluding steroid dienone is 1. The van der Waals surface area contributed by atoms with Crippen molar-refractivity contribution in [3.8, 4) is 0 Å². The molecule has 1 fully saturated rings. The molecular formula is C7H11NO2. The number of carbonyl (C=O) groups is 1. The van der Waals surface area contributed by atoms with Crippen molar-refractivity contribution >= 4 is 5.97 Å². The van der Waals surface area contributed by atoms with Crippen molar-refractivity contribution in [2.75, 3.05) is 6.54 Å². The molecule has 0 aromatic rings. The molecule has 0 aromatic carbocycles. The fourth-order valence-electron chi connectivity index (χ4n) is 0.965. The van der Waals surface area contributed by atoms with Crippen LogP contribution in [0.25, 0.3) is 0 Å². The Morgan fingerprint density at radius 2 is 2.50 bits per heavy atom. The number of nitrogens with two attached hydrogens (primary N) is 1. The first kappa shape index (κ1) is 7.28. The lowest BCUT2D eigenvalue weighted by Crippen LogP contribution is -1.98. The zero-order chi connectivity index (χ0) is 7.56. The highest BCUT2D eigenvalue weighted by atomic mass is 16.4. The lowest BCUT2D eigenvalue weighted by Gasteiger charge is -1.84. The summed E-state index contributed by atoms with van der Waals surface area (Å²) in [5, 5.41) is 8.46. The molecule has 0 radical (unpaired) electrons. The van der Waals surface area contributed by atoms with Crippen LogP contribution in [0.1, 0.15) is 6.42 Å². The maximum atomic E-state index is 10.3. The molecule has 3 heteroatoms. The molecule has 0 aliphatic heterocycles. The fourth-order valence-corrected chi connectivity index (χ4v) is 0.965. The highest BCUT2D eigenvalue weighted by Gasteiger charge is 2.40. The summed E-state index contributed by atoms with van der Waals surface area (Å²) in [5.74, 6) is -0.574. The minimum Gasteiger partial charge on any atom is -0.481 e. The molecule has 56 valence electrons. The number of hydrogen-bond donors (Lipinski definition) is 2. The highest BCUT2D eigenvalue weighted by Crippen LogP contribution is 2.39. The van der Waals surface area contributed by atoms with Crippen LogP contribution >= 0.6 is 0 Å².